The minimum absolute atomic E-state index is 0.0418. The van der Waals surface area contributed by atoms with E-state index in [0.29, 0.717) is 31.8 Å². The normalized spacial score (nSPS) is 14.9. The summed E-state index contributed by atoms with van der Waals surface area (Å²) in [5, 5.41) is 2.89. The van der Waals surface area contributed by atoms with Crippen LogP contribution in [0.25, 0.3) is 0 Å². The highest BCUT2D eigenvalue weighted by atomic mass is 16.5. The molecule has 0 saturated carbocycles. The Balaban J connectivity index is 1.78. The molecule has 1 aromatic rings. The van der Waals surface area contributed by atoms with Crippen LogP contribution < -0.4 is 10.1 Å². The van der Waals surface area contributed by atoms with Gasteiger partial charge in [-0.2, -0.15) is 0 Å². The Kier molecular flexibility index (Phi) is 8.41. The molecule has 1 N–H and O–H groups in total. The van der Waals surface area contributed by atoms with E-state index < -0.39 is 0 Å². The Labute approximate surface area is 156 Å². The molecule has 1 heterocycles. The molecule has 2 rings (SSSR count). The predicted molar refractivity (Wildman–Crippen MR) is 102 cm³/mol. The van der Waals surface area contributed by atoms with Crippen LogP contribution in [0.3, 0.4) is 0 Å². The third-order valence-corrected chi connectivity index (χ3v) is 4.47. The molecular formula is C20H31N3O3. The highest BCUT2D eigenvalue weighted by Crippen LogP contribution is 2.15. The van der Waals surface area contributed by atoms with Crippen LogP contribution in [0, 0.1) is 0 Å². The third kappa shape index (κ3) is 6.33. The fraction of sp³-hybridized carbons (Fsp3) is 0.600. The van der Waals surface area contributed by atoms with Crippen LogP contribution in [-0.4, -0.2) is 67.5 Å². The Morgan fingerprint density at radius 2 is 1.73 bits per heavy atom. The SMILES string of the molecule is CCCCOc1ccc(C(=O)N2CCN(CC(=O)NCCC)CC2)cc1. The molecule has 1 aliphatic rings. The molecule has 1 fully saturated rings. The van der Waals surface area contributed by atoms with Gasteiger partial charge in [-0.15, -0.1) is 0 Å². The second kappa shape index (κ2) is 10.8. The number of hydrogen-bond acceptors (Lipinski definition) is 4. The number of carbonyl (C=O) groups is 2. The van der Waals surface area contributed by atoms with Gasteiger partial charge in [0.1, 0.15) is 5.75 Å². The minimum Gasteiger partial charge on any atom is -0.494 e. The lowest BCUT2D eigenvalue weighted by atomic mass is 10.1. The second-order valence-corrected chi connectivity index (χ2v) is 6.64. The molecule has 0 unspecified atom stereocenters. The summed E-state index contributed by atoms with van der Waals surface area (Å²) in [6.07, 6.45) is 3.07. The summed E-state index contributed by atoms with van der Waals surface area (Å²) in [6.45, 7) is 8.74. The minimum atomic E-state index is 0.0418. The summed E-state index contributed by atoms with van der Waals surface area (Å²) in [7, 11) is 0. The van der Waals surface area contributed by atoms with Crippen molar-refractivity contribution in [1.29, 1.82) is 0 Å². The first kappa shape index (κ1) is 20.2. The molecule has 6 heteroatoms. The molecule has 1 saturated heterocycles. The molecule has 0 bridgehead atoms. The number of rotatable bonds is 9. The number of nitrogens with zero attached hydrogens (tertiary/aromatic N) is 2. The highest BCUT2D eigenvalue weighted by molar-refractivity contribution is 5.94. The number of piperazine rings is 1. The van der Waals surface area contributed by atoms with Gasteiger partial charge >= 0.3 is 0 Å². The number of amides is 2. The highest BCUT2D eigenvalue weighted by Gasteiger charge is 2.23. The van der Waals surface area contributed by atoms with Crippen molar-refractivity contribution in [2.45, 2.75) is 33.1 Å². The fourth-order valence-corrected chi connectivity index (χ4v) is 2.84. The molecule has 144 valence electrons. The molecule has 26 heavy (non-hydrogen) atoms. The fourth-order valence-electron chi connectivity index (χ4n) is 2.84. The number of unbranched alkanes of at least 4 members (excludes halogenated alkanes) is 1. The zero-order valence-electron chi connectivity index (χ0n) is 16.0. The maximum atomic E-state index is 12.6. The standard InChI is InChI=1S/C20H31N3O3/c1-3-5-15-26-18-8-6-17(7-9-18)20(25)23-13-11-22(12-14-23)16-19(24)21-10-4-2/h6-9H,3-5,10-16H2,1-2H3,(H,21,24). The topological polar surface area (TPSA) is 61.9 Å². The van der Waals surface area contributed by atoms with Crippen LogP contribution in [0.2, 0.25) is 0 Å². The van der Waals surface area contributed by atoms with E-state index in [4.69, 9.17) is 4.74 Å². The van der Waals surface area contributed by atoms with E-state index >= 15 is 0 Å². The van der Waals surface area contributed by atoms with Crippen LogP contribution in [0.1, 0.15) is 43.5 Å². The molecule has 0 atom stereocenters. The lowest BCUT2D eigenvalue weighted by Gasteiger charge is -2.34. The largest absolute Gasteiger partial charge is 0.494 e. The molecule has 1 aliphatic heterocycles. The van der Waals surface area contributed by atoms with Gasteiger partial charge in [0.25, 0.3) is 5.91 Å². The number of hydrogen-bond donors (Lipinski definition) is 1. The first-order chi connectivity index (χ1) is 12.6. The zero-order valence-corrected chi connectivity index (χ0v) is 16.0. The Hall–Kier alpha value is -2.08. The Bertz CT molecular complexity index is 566. The van der Waals surface area contributed by atoms with Gasteiger partial charge in [-0.3, -0.25) is 14.5 Å². The van der Waals surface area contributed by atoms with E-state index in [2.05, 4.69) is 17.1 Å². The first-order valence-electron chi connectivity index (χ1n) is 9.65. The molecule has 1 aromatic carbocycles. The molecule has 6 nitrogen and oxygen atoms in total. The molecule has 0 radical (unpaired) electrons. The van der Waals surface area contributed by atoms with Crippen molar-refractivity contribution in [3.63, 3.8) is 0 Å². The lowest BCUT2D eigenvalue weighted by molar-refractivity contribution is -0.122. The van der Waals surface area contributed by atoms with Gasteiger partial charge in [0.2, 0.25) is 5.91 Å². The summed E-state index contributed by atoms with van der Waals surface area (Å²) in [5.74, 6) is 0.906. The van der Waals surface area contributed by atoms with E-state index in [1.807, 2.05) is 36.1 Å². The van der Waals surface area contributed by atoms with Crippen molar-refractivity contribution in [2.75, 3.05) is 45.9 Å². The van der Waals surface area contributed by atoms with Gasteiger partial charge in [-0.25, -0.2) is 0 Å². The first-order valence-corrected chi connectivity index (χ1v) is 9.65. The van der Waals surface area contributed by atoms with Gasteiger partial charge in [0.15, 0.2) is 0 Å². The lowest BCUT2D eigenvalue weighted by Crippen LogP contribution is -2.51. The van der Waals surface area contributed by atoms with E-state index in [1.54, 1.807) is 0 Å². The Morgan fingerprint density at radius 3 is 2.35 bits per heavy atom. The van der Waals surface area contributed by atoms with Crippen molar-refractivity contribution in [3.05, 3.63) is 29.8 Å². The molecule has 0 aliphatic carbocycles. The monoisotopic (exact) mass is 361 g/mol. The zero-order chi connectivity index (χ0) is 18.8. The third-order valence-electron chi connectivity index (χ3n) is 4.47. The van der Waals surface area contributed by atoms with Gasteiger partial charge in [0, 0.05) is 38.3 Å². The summed E-state index contributed by atoms with van der Waals surface area (Å²) in [4.78, 5) is 28.4. The smallest absolute Gasteiger partial charge is 0.253 e. The molecule has 2 amide bonds. The maximum Gasteiger partial charge on any atom is 0.253 e. The summed E-state index contributed by atoms with van der Waals surface area (Å²) in [6, 6.07) is 7.37. The molecular weight excluding hydrogens is 330 g/mol. The average molecular weight is 361 g/mol. The van der Waals surface area contributed by atoms with Gasteiger partial charge in [-0.05, 0) is 37.1 Å². The van der Waals surface area contributed by atoms with Crippen LogP contribution in [-0.2, 0) is 4.79 Å². The van der Waals surface area contributed by atoms with E-state index in [1.165, 1.54) is 0 Å². The van der Waals surface area contributed by atoms with Gasteiger partial charge < -0.3 is 15.0 Å². The van der Waals surface area contributed by atoms with Gasteiger partial charge in [0.05, 0.1) is 13.2 Å². The van der Waals surface area contributed by atoms with E-state index in [9.17, 15) is 9.59 Å². The van der Waals surface area contributed by atoms with Crippen molar-refractivity contribution in [2.24, 2.45) is 0 Å². The van der Waals surface area contributed by atoms with E-state index in [0.717, 1.165) is 44.6 Å². The van der Waals surface area contributed by atoms with Crippen molar-refractivity contribution in [3.8, 4) is 5.75 Å². The van der Waals surface area contributed by atoms with Crippen molar-refractivity contribution < 1.29 is 14.3 Å². The summed E-state index contributed by atoms with van der Waals surface area (Å²) < 4.78 is 5.64. The average Bonchev–Trinajstić information content (AvgIpc) is 2.67. The number of ether oxygens (including phenoxy) is 1. The van der Waals surface area contributed by atoms with Crippen LogP contribution in [0.5, 0.6) is 5.75 Å². The molecule has 0 spiro atoms. The van der Waals surface area contributed by atoms with Gasteiger partial charge in [-0.1, -0.05) is 20.3 Å². The molecule has 0 aromatic heterocycles. The quantitative estimate of drug-likeness (QED) is 0.685. The van der Waals surface area contributed by atoms with Crippen LogP contribution in [0.4, 0.5) is 0 Å². The number of carbonyl (C=O) groups excluding carboxylic acids is 2. The number of benzene rings is 1. The van der Waals surface area contributed by atoms with Crippen molar-refractivity contribution >= 4 is 11.8 Å². The van der Waals surface area contributed by atoms with Crippen LogP contribution in [0.15, 0.2) is 24.3 Å². The van der Waals surface area contributed by atoms with Crippen molar-refractivity contribution in [1.82, 2.24) is 15.1 Å². The summed E-state index contributed by atoms with van der Waals surface area (Å²) in [5.41, 5.74) is 0.682. The van der Waals surface area contributed by atoms with E-state index in [-0.39, 0.29) is 11.8 Å². The Morgan fingerprint density at radius 1 is 1.04 bits per heavy atom. The second-order valence-electron chi connectivity index (χ2n) is 6.64. The number of nitrogens with one attached hydrogen (secondary N) is 1. The predicted octanol–water partition coefficient (Wildman–Crippen LogP) is 2.15. The maximum absolute atomic E-state index is 12.6. The summed E-state index contributed by atoms with van der Waals surface area (Å²) >= 11 is 0. The van der Waals surface area contributed by atoms with Crippen LogP contribution >= 0.6 is 0 Å².